The maximum Gasteiger partial charge on any atom is 0.306 e. The normalized spacial score (nSPS) is 12.5. The van der Waals surface area contributed by atoms with Crippen LogP contribution in [0.3, 0.4) is 0 Å². The van der Waals surface area contributed by atoms with E-state index in [9.17, 15) is 14.4 Å². The van der Waals surface area contributed by atoms with Gasteiger partial charge in [-0.3, -0.25) is 14.4 Å². The van der Waals surface area contributed by atoms with Gasteiger partial charge in [-0.15, -0.1) is 0 Å². The van der Waals surface area contributed by atoms with Crippen LogP contribution in [-0.2, 0) is 28.6 Å². The molecule has 0 saturated carbocycles. The molecule has 1 unspecified atom stereocenters. The molecule has 0 radical (unpaired) electrons. The molecule has 0 aromatic carbocycles. The molecule has 0 aliphatic rings. The average Bonchev–Trinajstić information content (AvgIpc) is 3.22. The average molecular weight is 811 g/mol. The van der Waals surface area contributed by atoms with Gasteiger partial charge in [-0.25, -0.2) is 0 Å². The first-order valence-corrected chi connectivity index (χ1v) is 24.3. The Morgan fingerprint density at radius 1 is 0.345 bits per heavy atom. The van der Waals surface area contributed by atoms with Crippen molar-refractivity contribution in [1.29, 1.82) is 0 Å². The Morgan fingerprint density at radius 3 is 1.03 bits per heavy atom. The number of carbonyl (C=O) groups is 3. The molecule has 0 fully saturated rings. The standard InChI is InChI=1S/C52H90O6/c1-4-7-10-13-16-19-22-23-24-25-26-27-28-31-33-36-39-42-45-51(54)57-48-49(58-52(55)46-43-40-37-34-30-21-18-15-12-9-6-3)47-56-50(53)44-41-38-35-32-29-20-17-14-11-8-5-2/h15,18,21-27,30,49H,4-14,16-17,19-20,28-29,31-48H2,1-3H3/b18-15-,23-22-,25-24-,27-26-,30-21-. The molecule has 0 spiro atoms. The van der Waals surface area contributed by atoms with Crippen LogP contribution in [0.2, 0.25) is 0 Å². The number of hydrogen-bond donors (Lipinski definition) is 0. The quantitative estimate of drug-likeness (QED) is 0.0264. The van der Waals surface area contributed by atoms with E-state index in [-0.39, 0.29) is 31.1 Å². The summed E-state index contributed by atoms with van der Waals surface area (Å²) in [6.45, 7) is 6.51. The predicted octanol–water partition coefficient (Wildman–Crippen LogP) is 15.7. The predicted molar refractivity (Wildman–Crippen MR) is 247 cm³/mol. The van der Waals surface area contributed by atoms with Crippen molar-refractivity contribution in [3.63, 3.8) is 0 Å². The van der Waals surface area contributed by atoms with Crippen LogP contribution in [0.1, 0.15) is 233 Å². The molecule has 6 heteroatoms. The lowest BCUT2D eigenvalue weighted by molar-refractivity contribution is -0.167. The Bertz CT molecular complexity index is 1070. The smallest absolute Gasteiger partial charge is 0.306 e. The zero-order valence-corrected chi connectivity index (χ0v) is 38.0. The highest BCUT2D eigenvalue weighted by molar-refractivity contribution is 5.71. The van der Waals surface area contributed by atoms with E-state index in [0.29, 0.717) is 19.3 Å². The summed E-state index contributed by atoms with van der Waals surface area (Å²) < 4.78 is 16.7. The van der Waals surface area contributed by atoms with Crippen molar-refractivity contribution < 1.29 is 28.6 Å². The van der Waals surface area contributed by atoms with E-state index in [4.69, 9.17) is 14.2 Å². The van der Waals surface area contributed by atoms with Crippen LogP contribution in [0, 0.1) is 0 Å². The summed E-state index contributed by atoms with van der Waals surface area (Å²) in [6, 6.07) is 0. The molecule has 0 rings (SSSR count). The fourth-order valence-electron chi connectivity index (χ4n) is 6.60. The minimum atomic E-state index is -0.792. The highest BCUT2D eigenvalue weighted by Crippen LogP contribution is 2.14. The summed E-state index contributed by atoms with van der Waals surface area (Å²) >= 11 is 0. The van der Waals surface area contributed by atoms with Gasteiger partial charge in [-0.2, -0.15) is 0 Å². The van der Waals surface area contributed by atoms with Crippen LogP contribution < -0.4 is 0 Å². The highest BCUT2D eigenvalue weighted by Gasteiger charge is 2.19. The summed E-state index contributed by atoms with van der Waals surface area (Å²) in [7, 11) is 0. The Morgan fingerprint density at radius 2 is 0.638 bits per heavy atom. The maximum absolute atomic E-state index is 12.7. The zero-order chi connectivity index (χ0) is 42.3. The summed E-state index contributed by atoms with van der Waals surface area (Å²) in [5.74, 6) is -0.940. The summed E-state index contributed by atoms with van der Waals surface area (Å²) in [5, 5.41) is 0. The largest absolute Gasteiger partial charge is 0.462 e. The van der Waals surface area contributed by atoms with E-state index >= 15 is 0 Å². The van der Waals surface area contributed by atoms with E-state index in [1.54, 1.807) is 0 Å². The van der Waals surface area contributed by atoms with Crippen LogP contribution in [0.25, 0.3) is 0 Å². The van der Waals surface area contributed by atoms with Gasteiger partial charge in [0.05, 0.1) is 0 Å². The molecule has 0 amide bonds. The van der Waals surface area contributed by atoms with Crippen LogP contribution in [0.4, 0.5) is 0 Å². The first-order valence-electron chi connectivity index (χ1n) is 24.3. The summed E-state index contributed by atoms with van der Waals surface area (Å²) in [4.78, 5) is 37.8. The van der Waals surface area contributed by atoms with Crippen LogP contribution in [-0.4, -0.2) is 37.2 Å². The van der Waals surface area contributed by atoms with Gasteiger partial charge in [0.15, 0.2) is 6.10 Å². The lowest BCUT2D eigenvalue weighted by Gasteiger charge is -2.18. The van der Waals surface area contributed by atoms with E-state index in [1.165, 1.54) is 103 Å². The van der Waals surface area contributed by atoms with Crippen molar-refractivity contribution in [2.75, 3.05) is 13.2 Å². The summed E-state index contributed by atoms with van der Waals surface area (Å²) in [5.41, 5.74) is 0. The van der Waals surface area contributed by atoms with E-state index < -0.39 is 6.10 Å². The maximum atomic E-state index is 12.7. The Hall–Kier alpha value is -2.89. The molecule has 334 valence electrons. The van der Waals surface area contributed by atoms with Crippen molar-refractivity contribution in [3.05, 3.63) is 60.8 Å². The van der Waals surface area contributed by atoms with Gasteiger partial charge >= 0.3 is 17.9 Å². The SMILES string of the molecule is CCCC/C=C\C=C/CCCCCC(=O)OC(COC(=O)CCCCCCC\C=C/C=C\C=C/CCCCCCC)COC(=O)CCCCCCCCCCCCC. The molecular weight excluding hydrogens is 721 g/mol. The highest BCUT2D eigenvalue weighted by atomic mass is 16.6. The zero-order valence-electron chi connectivity index (χ0n) is 38.0. The van der Waals surface area contributed by atoms with Gasteiger partial charge in [-0.05, 0) is 64.2 Å². The fraction of sp³-hybridized carbons (Fsp3) is 0.750. The Kier molecular flexibility index (Phi) is 44.5. The van der Waals surface area contributed by atoms with E-state index in [2.05, 4.69) is 81.5 Å². The number of esters is 3. The van der Waals surface area contributed by atoms with Crippen molar-refractivity contribution in [3.8, 4) is 0 Å². The Balaban J connectivity index is 4.41. The lowest BCUT2D eigenvalue weighted by Crippen LogP contribution is -2.30. The number of hydrogen-bond acceptors (Lipinski definition) is 6. The molecule has 6 nitrogen and oxygen atoms in total. The molecule has 0 aromatic rings. The molecule has 0 aliphatic heterocycles. The number of ether oxygens (including phenoxy) is 3. The van der Waals surface area contributed by atoms with Crippen LogP contribution in [0.15, 0.2) is 60.8 Å². The minimum Gasteiger partial charge on any atom is -0.462 e. The van der Waals surface area contributed by atoms with Gasteiger partial charge in [0, 0.05) is 19.3 Å². The Labute approximate surface area is 358 Å². The van der Waals surface area contributed by atoms with Crippen LogP contribution in [0.5, 0.6) is 0 Å². The third kappa shape index (κ3) is 44.2. The van der Waals surface area contributed by atoms with Crippen molar-refractivity contribution >= 4 is 17.9 Å². The van der Waals surface area contributed by atoms with Crippen molar-refractivity contribution in [2.24, 2.45) is 0 Å². The van der Waals surface area contributed by atoms with E-state index in [0.717, 1.165) is 89.9 Å². The van der Waals surface area contributed by atoms with Crippen molar-refractivity contribution in [1.82, 2.24) is 0 Å². The molecule has 0 bridgehead atoms. The topological polar surface area (TPSA) is 78.9 Å². The van der Waals surface area contributed by atoms with Gasteiger partial charge < -0.3 is 14.2 Å². The van der Waals surface area contributed by atoms with Gasteiger partial charge in [0.1, 0.15) is 13.2 Å². The number of unbranched alkanes of at least 4 members (excludes halogenated alkanes) is 25. The molecule has 58 heavy (non-hydrogen) atoms. The first-order chi connectivity index (χ1) is 28.5. The number of rotatable bonds is 43. The summed E-state index contributed by atoms with van der Waals surface area (Å²) in [6.07, 6.45) is 56.3. The molecular formula is C52H90O6. The van der Waals surface area contributed by atoms with Gasteiger partial charge in [-0.1, -0.05) is 210 Å². The fourth-order valence-corrected chi connectivity index (χ4v) is 6.60. The van der Waals surface area contributed by atoms with E-state index in [1.807, 2.05) is 0 Å². The van der Waals surface area contributed by atoms with Crippen LogP contribution >= 0.6 is 0 Å². The third-order valence-electron chi connectivity index (χ3n) is 10.3. The second-order valence-electron chi connectivity index (χ2n) is 16.1. The molecule has 0 saturated heterocycles. The first kappa shape index (κ1) is 55.1. The molecule has 0 heterocycles. The second-order valence-corrected chi connectivity index (χ2v) is 16.1. The second kappa shape index (κ2) is 46.8. The van der Waals surface area contributed by atoms with Gasteiger partial charge in [0.25, 0.3) is 0 Å². The van der Waals surface area contributed by atoms with Gasteiger partial charge in [0.2, 0.25) is 0 Å². The number of carbonyl (C=O) groups excluding carboxylic acids is 3. The molecule has 0 aliphatic carbocycles. The molecule has 1 atom stereocenters. The lowest BCUT2D eigenvalue weighted by atomic mass is 10.1. The third-order valence-corrected chi connectivity index (χ3v) is 10.3. The number of allylic oxidation sites excluding steroid dienone is 10. The monoisotopic (exact) mass is 811 g/mol. The molecule has 0 N–H and O–H groups in total. The molecule has 0 aromatic heterocycles. The minimum absolute atomic E-state index is 0.0907. The van der Waals surface area contributed by atoms with Crippen molar-refractivity contribution in [2.45, 2.75) is 239 Å².